The number of carbonyl (C=O) groups is 1. The number of thiophene rings is 1. The predicted molar refractivity (Wildman–Crippen MR) is 82.6 cm³/mol. The highest BCUT2D eigenvalue weighted by Crippen LogP contribution is 2.25. The molecule has 1 N–H and O–H groups in total. The van der Waals surface area contributed by atoms with Crippen molar-refractivity contribution in [3.63, 3.8) is 0 Å². The number of ketones is 1. The van der Waals surface area contributed by atoms with Gasteiger partial charge in [-0.3, -0.25) is 4.79 Å². The highest BCUT2D eigenvalue weighted by atomic mass is 32.1. The third kappa shape index (κ3) is 3.08. The van der Waals surface area contributed by atoms with Gasteiger partial charge in [0.2, 0.25) is 0 Å². The summed E-state index contributed by atoms with van der Waals surface area (Å²) in [5.74, 6) is 0.187. The van der Waals surface area contributed by atoms with Gasteiger partial charge in [0.1, 0.15) is 0 Å². The largest absolute Gasteiger partial charge is 0.378 e. The molecule has 3 nitrogen and oxygen atoms in total. The Bertz CT molecular complexity index is 587. The topological polar surface area (TPSA) is 38.3 Å². The Kier molecular flexibility index (Phi) is 4.45. The molecule has 0 spiro atoms. The van der Waals surface area contributed by atoms with E-state index in [2.05, 4.69) is 11.4 Å². The van der Waals surface area contributed by atoms with Gasteiger partial charge in [-0.05, 0) is 48.8 Å². The van der Waals surface area contributed by atoms with E-state index in [-0.39, 0.29) is 5.78 Å². The highest BCUT2D eigenvalue weighted by Gasteiger charge is 2.15. The van der Waals surface area contributed by atoms with Gasteiger partial charge in [0.15, 0.2) is 5.78 Å². The van der Waals surface area contributed by atoms with Crippen LogP contribution >= 0.6 is 11.3 Å². The van der Waals surface area contributed by atoms with Crippen molar-refractivity contribution in [2.75, 3.05) is 19.7 Å². The quantitative estimate of drug-likeness (QED) is 0.859. The van der Waals surface area contributed by atoms with Crippen molar-refractivity contribution in [3.8, 4) is 0 Å². The second kappa shape index (κ2) is 6.48. The summed E-state index contributed by atoms with van der Waals surface area (Å²) in [6, 6.07) is 7.98. The van der Waals surface area contributed by atoms with Crippen LogP contribution in [0.4, 0.5) is 0 Å². The SMILES string of the molecule is O=C(CCOC1CCNCC1)c1cccc2ccsc12. The van der Waals surface area contributed by atoms with E-state index in [9.17, 15) is 4.79 Å². The standard InChI is InChI=1S/C16H19NO2S/c18-15(6-10-19-13-4-8-17-9-5-13)14-3-1-2-12-7-11-20-16(12)14/h1-3,7,11,13,17H,4-6,8-10H2. The number of carbonyl (C=O) groups excluding carboxylic acids is 1. The van der Waals surface area contributed by atoms with E-state index in [1.54, 1.807) is 11.3 Å². The lowest BCUT2D eigenvalue weighted by Crippen LogP contribution is -2.32. The van der Waals surface area contributed by atoms with Gasteiger partial charge in [-0.1, -0.05) is 12.1 Å². The number of hydrogen-bond acceptors (Lipinski definition) is 4. The molecule has 1 aromatic carbocycles. The van der Waals surface area contributed by atoms with Crippen LogP contribution in [0.1, 0.15) is 29.6 Å². The summed E-state index contributed by atoms with van der Waals surface area (Å²) < 4.78 is 6.91. The number of piperidine rings is 1. The minimum absolute atomic E-state index is 0.187. The van der Waals surface area contributed by atoms with Crippen LogP contribution in [-0.2, 0) is 4.74 Å². The Balaban J connectivity index is 1.57. The van der Waals surface area contributed by atoms with Gasteiger partial charge >= 0.3 is 0 Å². The van der Waals surface area contributed by atoms with Gasteiger partial charge in [-0.2, -0.15) is 0 Å². The summed E-state index contributed by atoms with van der Waals surface area (Å²) in [5, 5.41) is 6.50. The maximum Gasteiger partial charge on any atom is 0.166 e. The molecular weight excluding hydrogens is 270 g/mol. The zero-order chi connectivity index (χ0) is 13.8. The summed E-state index contributed by atoms with van der Waals surface area (Å²) in [6.45, 7) is 2.57. The average Bonchev–Trinajstić information content (AvgIpc) is 2.96. The van der Waals surface area contributed by atoms with Crippen LogP contribution in [0.3, 0.4) is 0 Å². The molecule has 1 aliphatic rings. The number of fused-ring (bicyclic) bond motifs is 1. The van der Waals surface area contributed by atoms with Gasteiger partial charge in [0, 0.05) is 16.7 Å². The molecule has 0 saturated carbocycles. The van der Waals surface area contributed by atoms with Crippen LogP contribution in [0.5, 0.6) is 0 Å². The molecule has 0 aliphatic carbocycles. The Morgan fingerprint density at radius 3 is 3.00 bits per heavy atom. The number of Topliss-reactive ketones (excluding diaryl/α,β-unsaturated/α-hetero) is 1. The lowest BCUT2D eigenvalue weighted by molar-refractivity contribution is 0.0314. The number of rotatable bonds is 5. The smallest absolute Gasteiger partial charge is 0.166 e. The Morgan fingerprint density at radius 1 is 1.30 bits per heavy atom. The molecule has 4 heteroatoms. The highest BCUT2D eigenvalue weighted by molar-refractivity contribution is 7.17. The fourth-order valence-electron chi connectivity index (χ4n) is 2.63. The van der Waals surface area contributed by atoms with Gasteiger partial charge in [0.25, 0.3) is 0 Å². The second-order valence-electron chi connectivity index (χ2n) is 5.14. The van der Waals surface area contributed by atoms with E-state index < -0.39 is 0 Å². The lowest BCUT2D eigenvalue weighted by atomic mass is 10.1. The molecule has 0 atom stereocenters. The fraction of sp³-hybridized carbons (Fsp3) is 0.438. The van der Waals surface area contributed by atoms with E-state index in [0.29, 0.717) is 19.1 Å². The van der Waals surface area contributed by atoms with E-state index >= 15 is 0 Å². The summed E-state index contributed by atoms with van der Waals surface area (Å²) >= 11 is 1.63. The molecule has 2 heterocycles. The molecule has 1 saturated heterocycles. The van der Waals surface area contributed by atoms with Gasteiger partial charge in [0.05, 0.1) is 12.7 Å². The lowest BCUT2D eigenvalue weighted by Gasteiger charge is -2.22. The number of nitrogens with one attached hydrogen (secondary N) is 1. The van der Waals surface area contributed by atoms with Crippen molar-refractivity contribution in [1.82, 2.24) is 5.32 Å². The average molecular weight is 289 g/mol. The van der Waals surface area contributed by atoms with Crippen molar-refractivity contribution in [3.05, 3.63) is 35.2 Å². The first-order chi connectivity index (χ1) is 9.84. The summed E-state index contributed by atoms with van der Waals surface area (Å²) in [6.07, 6.45) is 2.89. The molecule has 3 rings (SSSR count). The molecule has 0 radical (unpaired) electrons. The number of ether oxygens (including phenoxy) is 1. The second-order valence-corrected chi connectivity index (χ2v) is 6.05. The molecule has 20 heavy (non-hydrogen) atoms. The Labute approximate surface area is 122 Å². The molecule has 0 unspecified atom stereocenters. The van der Waals surface area contributed by atoms with Crippen LogP contribution in [0.25, 0.3) is 10.1 Å². The van der Waals surface area contributed by atoms with E-state index in [1.807, 2.05) is 23.6 Å². The first kappa shape index (κ1) is 13.7. The van der Waals surface area contributed by atoms with Crippen molar-refractivity contribution in [2.24, 2.45) is 0 Å². The predicted octanol–water partition coefficient (Wildman–Crippen LogP) is 3.24. The number of benzene rings is 1. The minimum Gasteiger partial charge on any atom is -0.378 e. The van der Waals surface area contributed by atoms with E-state index in [1.165, 1.54) is 0 Å². The third-order valence-corrected chi connectivity index (χ3v) is 4.71. The molecule has 0 amide bonds. The molecule has 2 aromatic rings. The first-order valence-electron chi connectivity index (χ1n) is 7.16. The molecule has 1 aliphatic heterocycles. The van der Waals surface area contributed by atoms with Gasteiger partial charge in [-0.25, -0.2) is 0 Å². The van der Waals surface area contributed by atoms with Crippen molar-refractivity contribution in [2.45, 2.75) is 25.4 Å². The van der Waals surface area contributed by atoms with Crippen LogP contribution in [0, 0.1) is 0 Å². The maximum absolute atomic E-state index is 12.3. The molecule has 0 bridgehead atoms. The van der Waals surface area contributed by atoms with E-state index in [0.717, 1.165) is 41.6 Å². The minimum atomic E-state index is 0.187. The molecule has 106 valence electrons. The third-order valence-electron chi connectivity index (χ3n) is 3.75. The summed E-state index contributed by atoms with van der Waals surface area (Å²) in [4.78, 5) is 12.3. The van der Waals surface area contributed by atoms with Crippen LogP contribution < -0.4 is 5.32 Å². The van der Waals surface area contributed by atoms with Crippen LogP contribution in [0.15, 0.2) is 29.6 Å². The van der Waals surface area contributed by atoms with Crippen molar-refractivity contribution in [1.29, 1.82) is 0 Å². The van der Waals surface area contributed by atoms with Crippen molar-refractivity contribution >= 4 is 27.2 Å². The Hall–Kier alpha value is -1.23. The molecular formula is C16H19NO2S. The zero-order valence-corrected chi connectivity index (χ0v) is 12.2. The molecule has 1 aromatic heterocycles. The number of hydrogen-bond donors (Lipinski definition) is 1. The van der Waals surface area contributed by atoms with Gasteiger partial charge in [-0.15, -0.1) is 11.3 Å². The van der Waals surface area contributed by atoms with E-state index in [4.69, 9.17) is 4.74 Å². The van der Waals surface area contributed by atoms with Crippen molar-refractivity contribution < 1.29 is 9.53 Å². The fourth-order valence-corrected chi connectivity index (χ4v) is 3.56. The first-order valence-corrected chi connectivity index (χ1v) is 8.04. The summed E-state index contributed by atoms with van der Waals surface area (Å²) in [5.41, 5.74) is 0.839. The Morgan fingerprint density at radius 2 is 2.15 bits per heavy atom. The van der Waals surface area contributed by atoms with Crippen LogP contribution in [0.2, 0.25) is 0 Å². The monoisotopic (exact) mass is 289 g/mol. The zero-order valence-electron chi connectivity index (χ0n) is 11.4. The van der Waals surface area contributed by atoms with Gasteiger partial charge < -0.3 is 10.1 Å². The molecule has 1 fully saturated rings. The van der Waals surface area contributed by atoms with Crippen LogP contribution in [-0.4, -0.2) is 31.6 Å². The summed E-state index contributed by atoms with van der Waals surface area (Å²) in [7, 11) is 0. The normalized spacial score (nSPS) is 16.6. The maximum atomic E-state index is 12.3.